The summed E-state index contributed by atoms with van der Waals surface area (Å²) >= 11 is 0. The Bertz CT molecular complexity index is 3320. The number of carbonyl (C=O) groups is 5. The molecule has 78 heavy (non-hydrogen) atoms. The van der Waals surface area contributed by atoms with Gasteiger partial charge in [0.05, 0.1) is 58.7 Å². The lowest BCUT2D eigenvalue weighted by molar-refractivity contribution is -0.179. The number of nitrogens with zero attached hydrogens (tertiary/aromatic N) is 3. The molecule has 400 valence electrons. The van der Waals surface area contributed by atoms with Crippen LogP contribution in [0.4, 0.5) is 10.5 Å². The predicted molar refractivity (Wildman–Crippen MR) is 288 cm³/mol. The third-order valence-corrected chi connectivity index (χ3v) is 15.3. The summed E-state index contributed by atoms with van der Waals surface area (Å²) in [5, 5.41) is 12.8. The van der Waals surface area contributed by atoms with Crippen molar-refractivity contribution in [2.24, 2.45) is 11.8 Å². The fourth-order valence-corrected chi connectivity index (χ4v) is 11.8. The zero-order valence-electron chi connectivity index (χ0n) is 44.1. The van der Waals surface area contributed by atoms with Crippen molar-refractivity contribution in [3.8, 4) is 34.8 Å². The Balaban J connectivity index is 1.28. The smallest absolute Gasteiger partial charge is 0.329 e. The van der Waals surface area contributed by atoms with E-state index in [1.54, 1.807) is 81.5 Å². The number of morpholine rings is 1. The number of nitrogens with one attached hydrogen (secondary N) is 1. The maximum absolute atomic E-state index is 17.1. The number of fused-ring (bicyclic) bond motifs is 4. The summed E-state index contributed by atoms with van der Waals surface area (Å²) in [4.78, 5) is 83.0. The lowest BCUT2D eigenvalue weighted by Gasteiger charge is -2.46. The van der Waals surface area contributed by atoms with E-state index in [9.17, 15) is 9.90 Å². The van der Waals surface area contributed by atoms with Gasteiger partial charge in [-0.25, -0.2) is 14.5 Å². The van der Waals surface area contributed by atoms with Crippen LogP contribution < -0.4 is 29.2 Å². The van der Waals surface area contributed by atoms with Crippen LogP contribution in [0.1, 0.15) is 76.5 Å². The molecule has 0 saturated carbocycles. The lowest BCUT2D eigenvalue weighted by Crippen LogP contribution is -2.58. The van der Waals surface area contributed by atoms with Gasteiger partial charge in [0.15, 0.2) is 11.5 Å². The molecule has 4 heterocycles. The minimum Gasteiger partial charge on any atom is -0.497 e. The standard InChI is InChI=1S/C62H60N4O12/c1-37(2)52(58(69)76-6)63-61(72)65-48-27-24-39(21-20-38-22-25-45(73-3)26-23-38)32-47(48)62(60(65)71)51(57(68)64-29-28-42-34-49(74-4)50(75-5)35-44(42)36-64)54-59(70)78-55(41-16-11-8-12-17-41)53(40-14-9-7-10-15-40)66(54)56(62)43-18-13-19-46(33-43)77-31-30-67/h7-19,22-27,32-35,37,51-56,67H,28-31,36H2,1-6H3,(H,63,72). The first-order valence-corrected chi connectivity index (χ1v) is 25.8. The molecular formula is C62H60N4O12. The lowest BCUT2D eigenvalue weighted by atomic mass is 9.64. The fourth-order valence-electron chi connectivity index (χ4n) is 11.8. The van der Waals surface area contributed by atoms with Gasteiger partial charge in [-0.3, -0.25) is 19.3 Å². The second-order valence-corrected chi connectivity index (χ2v) is 19.9. The Morgan fingerprint density at radius 2 is 1.38 bits per heavy atom. The first-order chi connectivity index (χ1) is 37.9. The summed E-state index contributed by atoms with van der Waals surface area (Å²) < 4.78 is 34.7. The zero-order valence-corrected chi connectivity index (χ0v) is 44.1. The van der Waals surface area contributed by atoms with E-state index in [2.05, 4.69) is 17.2 Å². The van der Waals surface area contributed by atoms with Gasteiger partial charge in [-0.15, -0.1) is 0 Å². The van der Waals surface area contributed by atoms with Crippen molar-refractivity contribution >= 4 is 35.5 Å². The highest BCUT2D eigenvalue weighted by atomic mass is 16.6. The molecule has 6 aromatic carbocycles. The first-order valence-electron chi connectivity index (χ1n) is 25.8. The van der Waals surface area contributed by atoms with Gasteiger partial charge < -0.3 is 43.7 Å². The molecule has 7 atom stereocenters. The SMILES string of the molecule is COC(=O)C(NC(=O)N1C(=O)C2(c3cc(C#Cc4ccc(OC)cc4)ccc31)C(C(=O)N1CCc3cc(OC)c(OC)cc3C1)C1C(=O)OC(c3ccccc3)C(c3ccccc3)N1C2c1cccc(OCCO)c1)C(C)C. The highest BCUT2D eigenvalue weighted by Gasteiger charge is 2.76. The maximum atomic E-state index is 17.1. The second kappa shape index (κ2) is 22.1. The molecule has 16 heteroatoms. The Morgan fingerprint density at radius 3 is 2.04 bits per heavy atom. The molecule has 10 rings (SSSR count). The Labute approximate surface area is 452 Å². The molecule has 2 N–H and O–H groups in total. The summed E-state index contributed by atoms with van der Waals surface area (Å²) in [5.74, 6) is 3.53. The topological polar surface area (TPSA) is 183 Å². The molecule has 16 nitrogen and oxygen atoms in total. The van der Waals surface area contributed by atoms with Crippen molar-refractivity contribution < 1.29 is 57.5 Å². The molecule has 2 saturated heterocycles. The number of benzene rings is 6. The monoisotopic (exact) mass is 1050 g/mol. The summed E-state index contributed by atoms with van der Waals surface area (Å²) in [6.45, 7) is 3.39. The minimum absolute atomic E-state index is 0.0575. The number of ether oxygens (including phenoxy) is 6. The van der Waals surface area contributed by atoms with E-state index in [1.165, 1.54) is 14.2 Å². The molecule has 4 aliphatic rings. The average Bonchev–Trinajstić information content (AvgIpc) is 2.81. The first kappa shape index (κ1) is 52.8. The zero-order chi connectivity index (χ0) is 54.8. The van der Waals surface area contributed by atoms with Gasteiger partial charge in [0.25, 0.3) is 0 Å². The van der Waals surface area contributed by atoms with E-state index in [1.807, 2.05) is 95.9 Å². The number of urea groups is 1. The molecule has 2 fully saturated rings. The van der Waals surface area contributed by atoms with Crippen molar-refractivity contribution in [2.45, 2.75) is 62.5 Å². The van der Waals surface area contributed by atoms with Crippen molar-refractivity contribution in [2.75, 3.05) is 53.1 Å². The molecule has 1 spiro atoms. The summed E-state index contributed by atoms with van der Waals surface area (Å²) in [5.41, 5.74) is 2.83. The molecule has 7 unspecified atom stereocenters. The van der Waals surface area contributed by atoms with Crippen LogP contribution in [0.25, 0.3) is 0 Å². The Morgan fingerprint density at radius 1 is 0.731 bits per heavy atom. The van der Waals surface area contributed by atoms with Gasteiger partial charge in [0.1, 0.15) is 41.7 Å². The molecule has 0 aliphatic carbocycles. The number of amides is 4. The summed E-state index contributed by atoms with van der Waals surface area (Å²) in [6.07, 6.45) is -0.585. The van der Waals surface area contributed by atoms with Crippen LogP contribution in [0.2, 0.25) is 0 Å². The van der Waals surface area contributed by atoms with Crippen molar-refractivity contribution in [1.82, 2.24) is 15.1 Å². The molecule has 0 bridgehead atoms. The van der Waals surface area contributed by atoms with Gasteiger partial charge in [-0.1, -0.05) is 98.5 Å². The summed E-state index contributed by atoms with van der Waals surface area (Å²) in [6, 6.07) is 36.1. The molecule has 4 aliphatic heterocycles. The number of anilines is 1. The number of aliphatic hydroxyl groups excluding tert-OH is 1. The number of imide groups is 1. The van der Waals surface area contributed by atoms with Crippen LogP contribution in [0.5, 0.6) is 23.0 Å². The van der Waals surface area contributed by atoms with Crippen LogP contribution in [0.15, 0.2) is 140 Å². The van der Waals surface area contributed by atoms with Crippen LogP contribution in [-0.2, 0) is 47.0 Å². The average molecular weight is 1050 g/mol. The molecular weight excluding hydrogens is 993 g/mol. The van der Waals surface area contributed by atoms with Crippen molar-refractivity contribution in [1.29, 1.82) is 0 Å². The number of methoxy groups -OCH3 is 4. The molecule has 0 radical (unpaired) electrons. The Kier molecular flexibility index (Phi) is 15.0. The predicted octanol–water partition coefficient (Wildman–Crippen LogP) is 7.64. The molecule has 6 aromatic rings. The van der Waals surface area contributed by atoms with Gasteiger partial charge in [-0.05, 0) is 112 Å². The van der Waals surface area contributed by atoms with Crippen molar-refractivity contribution in [3.63, 3.8) is 0 Å². The number of hydrogen-bond donors (Lipinski definition) is 2. The minimum atomic E-state index is -2.16. The Hall–Kier alpha value is -8.65. The number of carbonyl (C=O) groups excluding carboxylic acids is 5. The number of esters is 2. The van der Waals surface area contributed by atoms with E-state index in [0.29, 0.717) is 51.7 Å². The van der Waals surface area contributed by atoms with E-state index >= 15 is 19.2 Å². The van der Waals surface area contributed by atoms with Crippen LogP contribution in [0, 0.1) is 23.7 Å². The van der Waals surface area contributed by atoms with Gasteiger partial charge >= 0.3 is 18.0 Å². The van der Waals surface area contributed by atoms with E-state index in [0.717, 1.165) is 21.6 Å². The van der Waals surface area contributed by atoms with E-state index < -0.39 is 77.3 Å². The quantitative estimate of drug-likeness (QED) is 0.0851. The van der Waals surface area contributed by atoms with Gasteiger partial charge in [0.2, 0.25) is 11.8 Å². The summed E-state index contributed by atoms with van der Waals surface area (Å²) in [7, 11) is 5.88. The number of aliphatic hydroxyl groups is 1. The number of hydrogen-bond acceptors (Lipinski definition) is 13. The highest BCUT2D eigenvalue weighted by Crippen LogP contribution is 2.66. The highest BCUT2D eigenvalue weighted by molar-refractivity contribution is 6.25. The van der Waals surface area contributed by atoms with Crippen LogP contribution in [0.3, 0.4) is 0 Å². The second-order valence-electron chi connectivity index (χ2n) is 19.9. The normalized spacial score (nSPS) is 21.6. The molecule has 0 aromatic heterocycles. The third-order valence-electron chi connectivity index (χ3n) is 15.3. The van der Waals surface area contributed by atoms with E-state index in [-0.39, 0.29) is 37.6 Å². The van der Waals surface area contributed by atoms with Gasteiger partial charge in [-0.2, -0.15) is 0 Å². The fraction of sp³-hybridized carbons (Fsp3) is 0.306. The van der Waals surface area contributed by atoms with E-state index in [4.69, 9.17) is 28.4 Å². The molecule has 4 amide bonds. The maximum Gasteiger partial charge on any atom is 0.329 e. The number of rotatable bonds is 13. The van der Waals surface area contributed by atoms with Gasteiger partial charge in [0, 0.05) is 24.2 Å². The third kappa shape index (κ3) is 9.32. The van der Waals surface area contributed by atoms with Crippen LogP contribution >= 0.6 is 0 Å². The largest absolute Gasteiger partial charge is 0.497 e. The van der Waals surface area contributed by atoms with Crippen LogP contribution in [-0.4, -0.2) is 105 Å². The number of cyclic esters (lactones) is 1. The van der Waals surface area contributed by atoms with Crippen molar-refractivity contribution in [3.05, 3.63) is 184 Å².